The van der Waals surface area contributed by atoms with Crippen molar-refractivity contribution in [3.05, 3.63) is 48.2 Å². The molecule has 2 aromatic rings. The normalized spacial score (nSPS) is 19.0. The zero-order chi connectivity index (χ0) is 21.1. The lowest BCUT2D eigenvalue weighted by Gasteiger charge is -2.38. The van der Waals surface area contributed by atoms with E-state index in [4.69, 9.17) is 9.72 Å². The van der Waals surface area contributed by atoms with Crippen LogP contribution in [0.4, 0.5) is 11.5 Å². The molecule has 0 bridgehead atoms. The zero-order valence-corrected chi connectivity index (χ0v) is 18.3. The number of amides is 1. The molecule has 30 heavy (non-hydrogen) atoms. The molecule has 2 aliphatic rings. The van der Waals surface area contributed by atoms with Crippen LogP contribution >= 0.6 is 0 Å². The first-order chi connectivity index (χ1) is 14.4. The number of ether oxygens (including phenoxy) is 1. The third-order valence-electron chi connectivity index (χ3n) is 6.18. The van der Waals surface area contributed by atoms with Crippen LogP contribution in [0.25, 0.3) is 0 Å². The molecule has 2 fully saturated rings. The summed E-state index contributed by atoms with van der Waals surface area (Å²) >= 11 is 0. The average Bonchev–Trinajstić information content (AvgIpc) is 2.78. The first-order valence-electron chi connectivity index (χ1n) is 10.9. The number of rotatable bonds is 4. The van der Waals surface area contributed by atoms with Crippen LogP contribution in [0.2, 0.25) is 0 Å². The summed E-state index contributed by atoms with van der Waals surface area (Å²) < 4.78 is 5.25. The highest BCUT2D eigenvalue weighted by Crippen LogP contribution is 2.29. The molecule has 0 atom stereocenters. The van der Waals surface area contributed by atoms with Crippen molar-refractivity contribution in [1.82, 2.24) is 9.88 Å². The standard InChI is InChI=1S/C24H32N4O2/c1-24(2)12-5-13-28(18-24)23(29)21-6-4-7-22(25-21)27-16-14-26(15-17-27)19-8-10-20(30-3)11-9-19/h4,6-11H,5,12-18H2,1-3H3. The molecule has 0 saturated carbocycles. The van der Waals surface area contributed by atoms with Crippen molar-refractivity contribution in [2.45, 2.75) is 26.7 Å². The molecule has 1 aromatic heterocycles. The maximum Gasteiger partial charge on any atom is 0.272 e. The van der Waals surface area contributed by atoms with Gasteiger partial charge in [0.1, 0.15) is 17.3 Å². The second-order valence-corrected chi connectivity index (χ2v) is 9.05. The highest BCUT2D eigenvalue weighted by Gasteiger charge is 2.30. The van der Waals surface area contributed by atoms with Crippen LogP contribution in [-0.2, 0) is 0 Å². The number of hydrogen-bond donors (Lipinski definition) is 0. The van der Waals surface area contributed by atoms with E-state index in [-0.39, 0.29) is 11.3 Å². The summed E-state index contributed by atoms with van der Waals surface area (Å²) in [6.45, 7) is 9.71. The molecular weight excluding hydrogens is 376 g/mol. The van der Waals surface area contributed by atoms with E-state index >= 15 is 0 Å². The highest BCUT2D eigenvalue weighted by molar-refractivity contribution is 5.92. The summed E-state index contributed by atoms with van der Waals surface area (Å²) in [6, 6.07) is 14.0. The molecule has 160 valence electrons. The molecule has 2 saturated heterocycles. The number of carbonyl (C=O) groups excluding carboxylic acids is 1. The second-order valence-electron chi connectivity index (χ2n) is 9.05. The topological polar surface area (TPSA) is 48.9 Å². The Morgan fingerprint density at radius 3 is 2.33 bits per heavy atom. The van der Waals surface area contributed by atoms with E-state index in [9.17, 15) is 4.79 Å². The van der Waals surface area contributed by atoms with Crippen molar-refractivity contribution in [2.75, 3.05) is 56.2 Å². The number of nitrogens with zero attached hydrogens (tertiary/aromatic N) is 4. The van der Waals surface area contributed by atoms with Crippen LogP contribution in [0.3, 0.4) is 0 Å². The second kappa shape index (κ2) is 8.54. The summed E-state index contributed by atoms with van der Waals surface area (Å²) in [5.41, 5.74) is 1.95. The maximum atomic E-state index is 13.0. The average molecular weight is 409 g/mol. The minimum absolute atomic E-state index is 0.0569. The monoisotopic (exact) mass is 408 g/mol. The predicted molar refractivity (Wildman–Crippen MR) is 121 cm³/mol. The highest BCUT2D eigenvalue weighted by atomic mass is 16.5. The number of piperazine rings is 1. The van der Waals surface area contributed by atoms with Gasteiger partial charge in [0.15, 0.2) is 0 Å². The van der Waals surface area contributed by atoms with Crippen molar-refractivity contribution in [3.8, 4) is 5.75 Å². The largest absolute Gasteiger partial charge is 0.497 e. The third kappa shape index (κ3) is 4.53. The van der Waals surface area contributed by atoms with Gasteiger partial charge in [-0.15, -0.1) is 0 Å². The Bertz CT molecular complexity index is 873. The van der Waals surface area contributed by atoms with Crippen LogP contribution in [-0.4, -0.2) is 62.2 Å². The molecular formula is C24H32N4O2. The van der Waals surface area contributed by atoms with E-state index in [1.165, 1.54) is 12.1 Å². The molecule has 6 nitrogen and oxygen atoms in total. The van der Waals surface area contributed by atoms with Crippen molar-refractivity contribution in [1.29, 1.82) is 0 Å². The number of benzene rings is 1. The molecule has 6 heteroatoms. The van der Waals surface area contributed by atoms with E-state index < -0.39 is 0 Å². The van der Waals surface area contributed by atoms with Gasteiger partial charge in [0, 0.05) is 45.0 Å². The number of pyridine rings is 1. The molecule has 2 aliphatic heterocycles. The minimum Gasteiger partial charge on any atom is -0.497 e. The summed E-state index contributed by atoms with van der Waals surface area (Å²) in [4.78, 5) is 24.4. The van der Waals surface area contributed by atoms with Crippen molar-refractivity contribution in [2.24, 2.45) is 5.41 Å². The fraction of sp³-hybridized carbons (Fsp3) is 0.500. The molecule has 1 aromatic carbocycles. The lowest BCUT2D eigenvalue weighted by molar-refractivity contribution is 0.0577. The zero-order valence-electron chi connectivity index (χ0n) is 18.3. The molecule has 0 spiro atoms. The van der Waals surface area contributed by atoms with E-state index in [1.807, 2.05) is 35.2 Å². The number of carbonyl (C=O) groups is 1. The number of methoxy groups -OCH3 is 1. The first kappa shape index (κ1) is 20.5. The van der Waals surface area contributed by atoms with Crippen LogP contribution < -0.4 is 14.5 Å². The first-order valence-corrected chi connectivity index (χ1v) is 10.9. The molecule has 3 heterocycles. The van der Waals surface area contributed by atoms with Crippen LogP contribution in [0.1, 0.15) is 37.2 Å². The van der Waals surface area contributed by atoms with E-state index in [0.29, 0.717) is 5.69 Å². The van der Waals surface area contributed by atoms with Gasteiger partial charge in [0.2, 0.25) is 0 Å². The molecule has 4 rings (SSSR count). The SMILES string of the molecule is COc1ccc(N2CCN(c3cccc(C(=O)N4CCCC(C)(C)C4)n3)CC2)cc1. The lowest BCUT2D eigenvalue weighted by atomic mass is 9.84. The lowest BCUT2D eigenvalue weighted by Crippen LogP contribution is -2.47. The van der Waals surface area contributed by atoms with Gasteiger partial charge in [-0.3, -0.25) is 4.79 Å². The van der Waals surface area contributed by atoms with Gasteiger partial charge in [-0.25, -0.2) is 4.98 Å². The number of anilines is 2. The number of piperidine rings is 1. The maximum absolute atomic E-state index is 13.0. The van der Waals surface area contributed by atoms with Gasteiger partial charge in [0.05, 0.1) is 7.11 Å². The predicted octanol–water partition coefficient (Wildman–Crippen LogP) is 3.68. The smallest absolute Gasteiger partial charge is 0.272 e. The Labute approximate surface area is 179 Å². The van der Waals surface area contributed by atoms with Crippen molar-refractivity contribution in [3.63, 3.8) is 0 Å². The van der Waals surface area contributed by atoms with Gasteiger partial charge in [-0.05, 0) is 54.7 Å². The van der Waals surface area contributed by atoms with Crippen LogP contribution in [0.15, 0.2) is 42.5 Å². The van der Waals surface area contributed by atoms with Crippen LogP contribution in [0.5, 0.6) is 5.75 Å². The molecule has 0 unspecified atom stereocenters. The molecule has 1 amide bonds. The van der Waals surface area contributed by atoms with E-state index in [0.717, 1.165) is 57.3 Å². The Kier molecular flexibility index (Phi) is 5.84. The van der Waals surface area contributed by atoms with E-state index in [2.05, 4.69) is 35.8 Å². The van der Waals surface area contributed by atoms with Gasteiger partial charge >= 0.3 is 0 Å². The molecule has 0 N–H and O–H groups in total. The minimum atomic E-state index is 0.0569. The Morgan fingerprint density at radius 2 is 1.67 bits per heavy atom. The fourth-order valence-corrected chi connectivity index (χ4v) is 4.46. The van der Waals surface area contributed by atoms with Gasteiger partial charge in [-0.1, -0.05) is 19.9 Å². The number of aromatic nitrogens is 1. The summed E-state index contributed by atoms with van der Waals surface area (Å²) in [7, 11) is 1.69. The summed E-state index contributed by atoms with van der Waals surface area (Å²) in [6.07, 6.45) is 2.23. The van der Waals surface area contributed by atoms with Crippen molar-refractivity contribution >= 4 is 17.4 Å². The summed E-state index contributed by atoms with van der Waals surface area (Å²) in [5.74, 6) is 1.83. The summed E-state index contributed by atoms with van der Waals surface area (Å²) in [5, 5.41) is 0. The molecule has 0 aliphatic carbocycles. The number of likely N-dealkylation sites (tertiary alicyclic amines) is 1. The van der Waals surface area contributed by atoms with Gasteiger partial charge < -0.3 is 19.4 Å². The molecule has 0 radical (unpaired) electrons. The van der Waals surface area contributed by atoms with Crippen molar-refractivity contribution < 1.29 is 9.53 Å². The quantitative estimate of drug-likeness (QED) is 0.772. The van der Waals surface area contributed by atoms with Crippen LogP contribution in [0, 0.1) is 5.41 Å². The number of hydrogen-bond acceptors (Lipinski definition) is 5. The third-order valence-corrected chi connectivity index (χ3v) is 6.18. The van der Waals surface area contributed by atoms with Gasteiger partial charge in [0.25, 0.3) is 5.91 Å². The Hall–Kier alpha value is -2.76. The van der Waals surface area contributed by atoms with E-state index in [1.54, 1.807) is 7.11 Å². The Morgan fingerprint density at radius 1 is 0.967 bits per heavy atom. The van der Waals surface area contributed by atoms with Gasteiger partial charge in [-0.2, -0.15) is 0 Å². The fourth-order valence-electron chi connectivity index (χ4n) is 4.46. The Balaban J connectivity index is 1.40.